The summed E-state index contributed by atoms with van der Waals surface area (Å²) in [5.74, 6) is 1.55. The molecule has 2 amide bonds. The minimum absolute atomic E-state index is 0.0970. The van der Waals surface area contributed by atoms with Crippen molar-refractivity contribution in [3.63, 3.8) is 0 Å². The molecule has 1 N–H and O–H groups in total. The molecule has 2 aliphatic heterocycles. The maximum atomic E-state index is 12.5. The van der Waals surface area contributed by atoms with Crippen LogP contribution >= 0.6 is 0 Å². The van der Waals surface area contributed by atoms with E-state index in [9.17, 15) is 9.59 Å². The molecule has 4 rings (SSSR count). The Morgan fingerprint density at radius 3 is 2.75 bits per heavy atom. The molecule has 6 heteroatoms. The molecule has 2 aliphatic rings. The van der Waals surface area contributed by atoms with Crippen molar-refractivity contribution < 1.29 is 19.1 Å². The maximum Gasteiger partial charge on any atom is 0.317 e. The first kappa shape index (κ1) is 18.3. The average molecular weight is 380 g/mol. The first-order chi connectivity index (χ1) is 13.6. The lowest BCUT2D eigenvalue weighted by atomic mass is 9.82. The second kappa shape index (κ2) is 7.54. The predicted octanol–water partition coefficient (Wildman–Crippen LogP) is 3.40. The molecule has 1 spiro atoms. The second-order valence-electron chi connectivity index (χ2n) is 7.38. The third kappa shape index (κ3) is 3.67. The van der Waals surface area contributed by atoms with Gasteiger partial charge in [-0.3, -0.25) is 4.79 Å². The molecule has 2 aromatic carbocycles. The van der Waals surface area contributed by atoms with Crippen molar-refractivity contribution in [2.24, 2.45) is 0 Å². The van der Waals surface area contributed by atoms with Crippen molar-refractivity contribution in [2.75, 3.05) is 20.2 Å². The van der Waals surface area contributed by atoms with Crippen LogP contribution < -0.4 is 14.8 Å². The van der Waals surface area contributed by atoms with Gasteiger partial charge in [0.25, 0.3) is 0 Å². The van der Waals surface area contributed by atoms with Crippen molar-refractivity contribution in [1.29, 1.82) is 0 Å². The number of carbonyl (C=O) groups is 2. The fraction of sp³-hybridized carbons (Fsp3) is 0.364. The van der Waals surface area contributed by atoms with Crippen molar-refractivity contribution >= 4 is 11.8 Å². The van der Waals surface area contributed by atoms with E-state index in [1.165, 1.54) is 0 Å². The lowest BCUT2D eigenvalue weighted by Crippen LogP contribution is -2.54. The fourth-order valence-corrected chi connectivity index (χ4v) is 3.91. The summed E-state index contributed by atoms with van der Waals surface area (Å²) in [7, 11) is 1.62. The smallest absolute Gasteiger partial charge is 0.317 e. The average Bonchev–Trinajstić information content (AvgIpc) is 2.72. The van der Waals surface area contributed by atoms with Crippen LogP contribution in [0.3, 0.4) is 0 Å². The molecule has 0 bridgehead atoms. The molecule has 1 saturated heterocycles. The molecular weight excluding hydrogens is 356 g/mol. The highest BCUT2D eigenvalue weighted by atomic mass is 16.5. The highest BCUT2D eigenvalue weighted by Gasteiger charge is 2.43. The summed E-state index contributed by atoms with van der Waals surface area (Å²) in [6.07, 6.45) is 1.68. The lowest BCUT2D eigenvalue weighted by molar-refractivity contribution is -0.000699. The fourth-order valence-electron chi connectivity index (χ4n) is 3.91. The van der Waals surface area contributed by atoms with E-state index in [0.717, 1.165) is 11.3 Å². The molecular formula is C22H24N2O4. The van der Waals surface area contributed by atoms with Gasteiger partial charge in [-0.15, -0.1) is 0 Å². The minimum atomic E-state index is -0.491. The molecule has 0 unspecified atom stereocenters. The molecule has 0 aliphatic carbocycles. The zero-order chi connectivity index (χ0) is 19.6. The number of Topliss-reactive ketones (excluding diaryl/α,β-unsaturated/α-hetero) is 1. The third-order valence-electron chi connectivity index (χ3n) is 5.54. The molecule has 1 fully saturated rings. The Hall–Kier alpha value is -3.02. The highest BCUT2D eigenvalue weighted by Crippen LogP contribution is 2.39. The Bertz CT molecular complexity index is 888. The molecule has 6 nitrogen and oxygen atoms in total. The van der Waals surface area contributed by atoms with Crippen molar-refractivity contribution in [3.05, 3.63) is 59.7 Å². The Morgan fingerprint density at radius 2 is 1.96 bits per heavy atom. The van der Waals surface area contributed by atoms with Gasteiger partial charge in [0.1, 0.15) is 17.1 Å². The molecule has 28 heavy (non-hydrogen) atoms. The molecule has 0 radical (unpaired) electrons. The van der Waals surface area contributed by atoms with Gasteiger partial charge in [-0.05, 0) is 29.8 Å². The number of nitrogens with one attached hydrogen (secondary N) is 1. The van der Waals surface area contributed by atoms with Crippen LogP contribution in [-0.4, -0.2) is 42.5 Å². The summed E-state index contributed by atoms with van der Waals surface area (Å²) in [6.45, 7) is 1.58. The topological polar surface area (TPSA) is 67.9 Å². The third-order valence-corrected chi connectivity index (χ3v) is 5.54. The number of piperidine rings is 1. The number of nitrogens with zero attached hydrogens (tertiary/aromatic N) is 1. The largest absolute Gasteiger partial charge is 0.497 e. The number of fused-ring (bicyclic) bond motifs is 1. The lowest BCUT2D eigenvalue weighted by Gasteiger charge is -2.43. The summed E-state index contributed by atoms with van der Waals surface area (Å²) in [5, 5.41) is 2.96. The second-order valence-corrected chi connectivity index (χ2v) is 7.38. The van der Waals surface area contributed by atoms with E-state index in [2.05, 4.69) is 5.32 Å². The number of likely N-dealkylation sites (tertiary alicyclic amines) is 1. The predicted molar refractivity (Wildman–Crippen MR) is 105 cm³/mol. The van der Waals surface area contributed by atoms with Crippen LogP contribution in [0.5, 0.6) is 11.5 Å². The van der Waals surface area contributed by atoms with Gasteiger partial charge in [0.2, 0.25) is 0 Å². The van der Waals surface area contributed by atoms with Crippen LogP contribution in [-0.2, 0) is 6.54 Å². The number of ether oxygens (including phenoxy) is 2. The quantitative estimate of drug-likeness (QED) is 0.886. The Morgan fingerprint density at radius 1 is 1.18 bits per heavy atom. The number of para-hydroxylation sites is 1. The van der Waals surface area contributed by atoms with Gasteiger partial charge in [0.15, 0.2) is 5.78 Å². The summed E-state index contributed by atoms with van der Waals surface area (Å²) in [5.41, 5.74) is 1.15. The van der Waals surface area contributed by atoms with Crippen LogP contribution in [0.15, 0.2) is 48.5 Å². The standard InChI is InChI=1S/C22H24N2O4/c1-27-17-6-4-5-16(13-17)15-23-21(26)24-11-9-22(10-12-24)14-19(25)18-7-2-3-8-20(18)28-22/h2-8,13H,9-12,14-15H2,1H3,(H,23,26). The molecule has 0 aromatic heterocycles. The highest BCUT2D eigenvalue weighted by molar-refractivity contribution is 6.00. The van der Waals surface area contributed by atoms with Crippen molar-refractivity contribution in [1.82, 2.24) is 10.2 Å². The number of methoxy groups -OCH3 is 1. The molecule has 2 heterocycles. The normalized spacial score (nSPS) is 17.6. The van der Waals surface area contributed by atoms with E-state index in [0.29, 0.717) is 50.2 Å². The van der Waals surface area contributed by atoms with Gasteiger partial charge >= 0.3 is 6.03 Å². The van der Waals surface area contributed by atoms with Crippen LogP contribution in [0.4, 0.5) is 4.79 Å². The van der Waals surface area contributed by atoms with Gasteiger partial charge in [-0.2, -0.15) is 0 Å². The van der Waals surface area contributed by atoms with Gasteiger partial charge in [-0.1, -0.05) is 24.3 Å². The summed E-state index contributed by atoms with van der Waals surface area (Å²) < 4.78 is 11.4. The van der Waals surface area contributed by atoms with E-state index in [-0.39, 0.29) is 11.8 Å². The SMILES string of the molecule is COc1cccc(CNC(=O)N2CCC3(CC2)CC(=O)c2ccccc2O3)c1. The monoisotopic (exact) mass is 380 g/mol. The van der Waals surface area contributed by atoms with Crippen molar-refractivity contribution in [2.45, 2.75) is 31.4 Å². The van der Waals surface area contributed by atoms with Crippen LogP contribution in [0.25, 0.3) is 0 Å². The van der Waals surface area contributed by atoms with Crippen LogP contribution in [0, 0.1) is 0 Å². The first-order valence-electron chi connectivity index (χ1n) is 9.55. The number of ketones is 1. The van der Waals surface area contributed by atoms with E-state index >= 15 is 0 Å². The number of urea groups is 1. The number of carbonyl (C=O) groups excluding carboxylic acids is 2. The van der Waals surface area contributed by atoms with Crippen LogP contribution in [0.2, 0.25) is 0 Å². The minimum Gasteiger partial charge on any atom is -0.497 e. The summed E-state index contributed by atoms with van der Waals surface area (Å²) in [6, 6.07) is 14.9. The van der Waals surface area contributed by atoms with Gasteiger partial charge < -0.3 is 19.7 Å². The summed E-state index contributed by atoms with van der Waals surface area (Å²) in [4.78, 5) is 26.8. The van der Waals surface area contributed by atoms with E-state index < -0.39 is 5.60 Å². The number of hydrogen-bond donors (Lipinski definition) is 1. The summed E-state index contributed by atoms with van der Waals surface area (Å²) >= 11 is 0. The number of rotatable bonds is 3. The molecule has 0 saturated carbocycles. The van der Waals surface area contributed by atoms with Crippen molar-refractivity contribution in [3.8, 4) is 11.5 Å². The Kier molecular flexibility index (Phi) is 4.94. The molecule has 0 atom stereocenters. The number of hydrogen-bond acceptors (Lipinski definition) is 4. The zero-order valence-electron chi connectivity index (χ0n) is 15.9. The number of amides is 2. The first-order valence-corrected chi connectivity index (χ1v) is 9.55. The Balaban J connectivity index is 1.34. The number of benzene rings is 2. The van der Waals surface area contributed by atoms with E-state index in [4.69, 9.17) is 9.47 Å². The van der Waals surface area contributed by atoms with Gasteiger partial charge in [-0.25, -0.2) is 4.79 Å². The maximum absolute atomic E-state index is 12.5. The van der Waals surface area contributed by atoms with Crippen LogP contribution in [0.1, 0.15) is 35.2 Å². The molecule has 146 valence electrons. The van der Waals surface area contributed by atoms with Gasteiger partial charge in [0.05, 0.1) is 19.1 Å². The van der Waals surface area contributed by atoms with E-state index in [1.807, 2.05) is 48.5 Å². The zero-order valence-corrected chi connectivity index (χ0v) is 15.9. The Labute approximate surface area is 164 Å². The van der Waals surface area contributed by atoms with Gasteiger partial charge in [0, 0.05) is 32.5 Å². The van der Waals surface area contributed by atoms with E-state index in [1.54, 1.807) is 12.0 Å². The molecule has 2 aromatic rings.